The molecule has 0 radical (unpaired) electrons. The van der Waals surface area contributed by atoms with Crippen LogP contribution >= 0.6 is 0 Å². The maximum absolute atomic E-state index is 12.5. The lowest BCUT2D eigenvalue weighted by Gasteiger charge is -2.13. The highest BCUT2D eigenvalue weighted by Gasteiger charge is 2.38. The van der Waals surface area contributed by atoms with E-state index in [9.17, 15) is 14.4 Å². The normalized spacial score (nSPS) is 16.1. The number of carbonyl (C=O) groups excluding carboxylic acids is 3. The molecule has 30 heavy (non-hydrogen) atoms. The molecular weight excluding hydrogens is 384 g/mol. The molecule has 1 aliphatic heterocycles. The van der Waals surface area contributed by atoms with Crippen molar-refractivity contribution < 1.29 is 14.4 Å². The molecule has 1 unspecified atom stereocenters. The Bertz CT molecular complexity index is 1060. The van der Waals surface area contributed by atoms with Gasteiger partial charge in [-0.25, -0.2) is 4.79 Å². The molecule has 0 saturated carbocycles. The van der Waals surface area contributed by atoms with Crippen molar-refractivity contribution in [2.45, 2.75) is 25.3 Å². The van der Waals surface area contributed by atoms with Crippen LogP contribution in [0.25, 0.3) is 5.65 Å². The van der Waals surface area contributed by atoms with Crippen molar-refractivity contribution in [2.24, 2.45) is 0 Å². The van der Waals surface area contributed by atoms with Crippen LogP contribution in [0.4, 0.5) is 4.79 Å². The van der Waals surface area contributed by atoms with Gasteiger partial charge in [0.2, 0.25) is 5.91 Å². The van der Waals surface area contributed by atoms with Gasteiger partial charge in [0, 0.05) is 25.7 Å². The van der Waals surface area contributed by atoms with Crippen molar-refractivity contribution in [1.29, 1.82) is 0 Å². The number of urea groups is 1. The van der Waals surface area contributed by atoms with Gasteiger partial charge in [-0.05, 0) is 24.1 Å². The molecule has 1 fully saturated rings. The molecule has 154 valence electrons. The van der Waals surface area contributed by atoms with Crippen LogP contribution in [-0.2, 0) is 22.4 Å². The van der Waals surface area contributed by atoms with Gasteiger partial charge in [-0.3, -0.25) is 18.9 Å². The number of pyridine rings is 1. The molecule has 0 bridgehead atoms. The predicted octanol–water partition coefficient (Wildman–Crippen LogP) is 0.941. The number of benzene rings is 1. The van der Waals surface area contributed by atoms with Gasteiger partial charge in [-0.15, -0.1) is 10.2 Å². The number of nitrogens with one attached hydrogen (secondary N) is 2. The van der Waals surface area contributed by atoms with E-state index < -0.39 is 12.1 Å². The SMILES string of the molecule is O=C(CC1NC(=O)N(CCc2ccccc2)C1=O)NCCc1nnc2ccccn12. The van der Waals surface area contributed by atoms with Crippen LogP contribution in [-0.4, -0.2) is 56.5 Å². The summed E-state index contributed by atoms with van der Waals surface area (Å²) >= 11 is 0. The lowest BCUT2D eigenvalue weighted by Crippen LogP contribution is -2.37. The van der Waals surface area contributed by atoms with E-state index in [1.54, 1.807) is 0 Å². The van der Waals surface area contributed by atoms with Crippen LogP contribution in [0.15, 0.2) is 54.7 Å². The highest BCUT2D eigenvalue weighted by atomic mass is 16.2. The third-order valence-electron chi connectivity index (χ3n) is 5.02. The summed E-state index contributed by atoms with van der Waals surface area (Å²) in [5.74, 6) is 0.0742. The summed E-state index contributed by atoms with van der Waals surface area (Å²) in [6.07, 6.45) is 2.85. The fourth-order valence-electron chi connectivity index (χ4n) is 3.45. The minimum atomic E-state index is -0.831. The summed E-state index contributed by atoms with van der Waals surface area (Å²) in [5.41, 5.74) is 1.79. The Morgan fingerprint density at radius 1 is 1.03 bits per heavy atom. The van der Waals surface area contributed by atoms with Gasteiger partial charge >= 0.3 is 6.03 Å². The van der Waals surface area contributed by atoms with Gasteiger partial charge in [0.15, 0.2) is 5.65 Å². The summed E-state index contributed by atoms with van der Waals surface area (Å²) in [5, 5.41) is 13.6. The standard InChI is InChI=1S/C21H22N6O3/c28-19(22-11-9-18-25-24-17-8-4-5-12-26(17)18)14-16-20(29)27(21(30)23-16)13-10-15-6-2-1-3-7-15/h1-8,12,16H,9-11,13-14H2,(H,22,28)(H,23,30). The molecule has 1 aromatic carbocycles. The monoisotopic (exact) mass is 406 g/mol. The molecule has 2 N–H and O–H groups in total. The Morgan fingerprint density at radius 3 is 2.67 bits per heavy atom. The maximum Gasteiger partial charge on any atom is 0.324 e. The summed E-state index contributed by atoms with van der Waals surface area (Å²) in [6.45, 7) is 0.647. The van der Waals surface area contributed by atoms with Gasteiger partial charge in [0.05, 0.1) is 6.42 Å². The lowest BCUT2D eigenvalue weighted by molar-refractivity contribution is -0.130. The van der Waals surface area contributed by atoms with Gasteiger partial charge in [-0.1, -0.05) is 36.4 Å². The topological polar surface area (TPSA) is 109 Å². The molecule has 1 saturated heterocycles. The average Bonchev–Trinajstić information content (AvgIpc) is 3.28. The zero-order chi connectivity index (χ0) is 20.9. The van der Waals surface area contributed by atoms with Crippen molar-refractivity contribution in [3.05, 3.63) is 66.1 Å². The number of imide groups is 1. The third kappa shape index (κ3) is 4.29. The highest BCUT2D eigenvalue weighted by Crippen LogP contribution is 2.11. The fraction of sp³-hybridized carbons (Fsp3) is 0.286. The number of hydrogen-bond donors (Lipinski definition) is 2. The lowest BCUT2D eigenvalue weighted by atomic mass is 10.1. The summed E-state index contributed by atoms with van der Waals surface area (Å²) in [7, 11) is 0. The minimum absolute atomic E-state index is 0.0903. The van der Waals surface area contributed by atoms with Crippen molar-refractivity contribution in [1.82, 2.24) is 30.1 Å². The van der Waals surface area contributed by atoms with E-state index in [1.165, 1.54) is 4.90 Å². The first-order valence-corrected chi connectivity index (χ1v) is 9.83. The minimum Gasteiger partial charge on any atom is -0.356 e. The fourth-order valence-corrected chi connectivity index (χ4v) is 3.45. The maximum atomic E-state index is 12.5. The summed E-state index contributed by atoms with van der Waals surface area (Å²) in [6, 6.07) is 14.0. The van der Waals surface area contributed by atoms with Crippen LogP contribution in [0.1, 0.15) is 17.8 Å². The summed E-state index contributed by atoms with van der Waals surface area (Å²) < 4.78 is 1.86. The number of amides is 4. The smallest absolute Gasteiger partial charge is 0.324 e. The number of carbonyl (C=O) groups is 3. The molecule has 0 aliphatic carbocycles. The van der Waals surface area contributed by atoms with Crippen LogP contribution < -0.4 is 10.6 Å². The van der Waals surface area contributed by atoms with Crippen LogP contribution in [0.2, 0.25) is 0 Å². The van der Waals surface area contributed by atoms with Gasteiger partial charge < -0.3 is 10.6 Å². The Balaban J connectivity index is 1.25. The zero-order valence-corrected chi connectivity index (χ0v) is 16.3. The van der Waals surface area contributed by atoms with Gasteiger partial charge in [0.25, 0.3) is 5.91 Å². The van der Waals surface area contributed by atoms with Crippen molar-refractivity contribution in [3.63, 3.8) is 0 Å². The molecule has 1 aliphatic rings. The van der Waals surface area contributed by atoms with E-state index >= 15 is 0 Å². The van der Waals surface area contributed by atoms with E-state index in [-0.39, 0.29) is 24.8 Å². The second kappa shape index (κ2) is 8.73. The largest absolute Gasteiger partial charge is 0.356 e. The van der Waals surface area contributed by atoms with Crippen LogP contribution in [0.5, 0.6) is 0 Å². The molecule has 0 spiro atoms. The van der Waals surface area contributed by atoms with Crippen molar-refractivity contribution >= 4 is 23.5 Å². The number of nitrogens with zero attached hydrogens (tertiary/aromatic N) is 4. The van der Waals surface area contributed by atoms with Crippen molar-refractivity contribution in [3.8, 4) is 0 Å². The second-order valence-electron chi connectivity index (χ2n) is 7.08. The zero-order valence-electron chi connectivity index (χ0n) is 16.3. The van der Waals surface area contributed by atoms with E-state index in [0.717, 1.165) is 17.0 Å². The van der Waals surface area contributed by atoms with Crippen LogP contribution in [0.3, 0.4) is 0 Å². The molecule has 3 aromatic rings. The van der Waals surface area contributed by atoms with Crippen molar-refractivity contribution in [2.75, 3.05) is 13.1 Å². The molecule has 3 heterocycles. The number of rotatable bonds is 8. The molecule has 4 amide bonds. The molecular formula is C21H22N6O3. The molecule has 9 heteroatoms. The molecule has 9 nitrogen and oxygen atoms in total. The first kappa shape index (κ1) is 19.6. The van der Waals surface area contributed by atoms with Crippen LogP contribution in [0, 0.1) is 0 Å². The van der Waals surface area contributed by atoms with E-state index in [0.29, 0.717) is 19.4 Å². The first-order chi connectivity index (χ1) is 14.6. The Hall–Kier alpha value is -3.75. The Morgan fingerprint density at radius 2 is 1.83 bits per heavy atom. The third-order valence-corrected chi connectivity index (χ3v) is 5.02. The number of hydrogen-bond acceptors (Lipinski definition) is 5. The average molecular weight is 406 g/mol. The second-order valence-corrected chi connectivity index (χ2v) is 7.08. The van der Waals surface area contributed by atoms with E-state index in [4.69, 9.17) is 0 Å². The molecule has 2 aromatic heterocycles. The first-order valence-electron chi connectivity index (χ1n) is 9.83. The molecule has 4 rings (SSSR count). The quantitative estimate of drug-likeness (QED) is 0.541. The Kier molecular flexibility index (Phi) is 5.69. The van der Waals surface area contributed by atoms with E-state index in [2.05, 4.69) is 20.8 Å². The van der Waals surface area contributed by atoms with Gasteiger partial charge in [0.1, 0.15) is 11.9 Å². The Labute approximate surface area is 173 Å². The summed E-state index contributed by atoms with van der Waals surface area (Å²) in [4.78, 5) is 38.1. The van der Waals surface area contributed by atoms with Gasteiger partial charge in [-0.2, -0.15) is 0 Å². The predicted molar refractivity (Wildman–Crippen MR) is 108 cm³/mol. The number of aromatic nitrogens is 3. The number of fused-ring (bicyclic) bond motifs is 1. The highest BCUT2D eigenvalue weighted by molar-refractivity contribution is 6.05. The molecule has 1 atom stereocenters. The van der Waals surface area contributed by atoms with E-state index in [1.807, 2.05) is 59.1 Å².